The summed E-state index contributed by atoms with van der Waals surface area (Å²) in [4.78, 5) is 0. The number of aliphatic hydroxyl groups is 1. The quantitative estimate of drug-likeness (QED) is 0.735. The van der Waals surface area contributed by atoms with Crippen LogP contribution in [0.4, 0.5) is 0 Å². The van der Waals surface area contributed by atoms with Gasteiger partial charge >= 0.3 is 0 Å². The minimum atomic E-state index is -0.737. The molecule has 2 unspecified atom stereocenters. The van der Waals surface area contributed by atoms with Crippen LogP contribution in [0.3, 0.4) is 0 Å². The third-order valence-electron chi connectivity index (χ3n) is 4.32. The van der Waals surface area contributed by atoms with Crippen molar-refractivity contribution in [1.29, 1.82) is 0 Å². The fourth-order valence-electron chi connectivity index (χ4n) is 4.35. The Kier molecular flexibility index (Phi) is 1.79. The molecule has 2 saturated carbocycles. The lowest BCUT2D eigenvalue weighted by Gasteiger charge is -2.60. The number of hydrogen-bond donors (Lipinski definition) is 1. The summed E-state index contributed by atoms with van der Waals surface area (Å²) in [5.74, 6) is 0.750. The van der Waals surface area contributed by atoms with E-state index in [1.54, 1.807) is 0 Å². The van der Waals surface area contributed by atoms with Crippen LogP contribution in [0.15, 0.2) is 0 Å². The molecule has 4 fully saturated rings. The van der Waals surface area contributed by atoms with Gasteiger partial charge in [-0.25, -0.2) is 0 Å². The molecule has 0 radical (unpaired) electrons. The van der Waals surface area contributed by atoms with E-state index in [1.807, 2.05) is 0 Å². The fourth-order valence-corrected chi connectivity index (χ4v) is 4.35. The van der Waals surface area contributed by atoms with Crippen molar-refractivity contribution in [3.8, 4) is 0 Å². The molecule has 0 spiro atoms. The van der Waals surface area contributed by atoms with E-state index in [9.17, 15) is 5.11 Å². The summed E-state index contributed by atoms with van der Waals surface area (Å²) in [5.41, 5.74) is 0.0631. The monoisotopic (exact) mass is 196 g/mol. The van der Waals surface area contributed by atoms with Crippen LogP contribution in [0.5, 0.6) is 0 Å². The van der Waals surface area contributed by atoms with Crippen LogP contribution in [-0.2, 0) is 4.74 Å². The highest BCUT2D eigenvalue weighted by atomic mass is 16.6. The van der Waals surface area contributed by atoms with Gasteiger partial charge in [-0.2, -0.15) is 0 Å². The van der Waals surface area contributed by atoms with Crippen molar-refractivity contribution >= 4 is 0 Å². The molecule has 2 heterocycles. The summed E-state index contributed by atoms with van der Waals surface area (Å²) in [6.45, 7) is 2.21. The van der Waals surface area contributed by atoms with E-state index in [1.165, 1.54) is 25.7 Å². The average Bonchev–Trinajstić information content (AvgIpc) is 1.97. The van der Waals surface area contributed by atoms with Crippen molar-refractivity contribution in [2.45, 2.75) is 63.3 Å². The van der Waals surface area contributed by atoms with Gasteiger partial charge in [-0.05, 0) is 37.5 Å². The predicted molar refractivity (Wildman–Crippen MR) is 53.7 cm³/mol. The van der Waals surface area contributed by atoms with E-state index in [0.717, 1.165) is 31.1 Å². The molecule has 2 aliphatic carbocycles. The van der Waals surface area contributed by atoms with Crippen molar-refractivity contribution in [1.82, 2.24) is 0 Å². The van der Waals surface area contributed by atoms with Crippen LogP contribution in [0.25, 0.3) is 0 Å². The minimum Gasteiger partial charge on any atom is -0.365 e. The van der Waals surface area contributed by atoms with Gasteiger partial charge in [0.05, 0.1) is 5.60 Å². The number of ether oxygens (including phenoxy) is 1. The molecule has 2 saturated heterocycles. The summed E-state index contributed by atoms with van der Waals surface area (Å²) in [6.07, 6.45) is 7.87. The zero-order valence-electron chi connectivity index (χ0n) is 8.96. The third kappa shape index (κ3) is 1.24. The third-order valence-corrected chi connectivity index (χ3v) is 4.32. The van der Waals surface area contributed by atoms with Gasteiger partial charge in [-0.15, -0.1) is 0 Å². The number of hydrogen-bond acceptors (Lipinski definition) is 2. The smallest absolute Gasteiger partial charge is 0.166 e. The summed E-state index contributed by atoms with van der Waals surface area (Å²) in [7, 11) is 0. The highest BCUT2D eigenvalue weighted by Gasteiger charge is 2.57. The maximum Gasteiger partial charge on any atom is 0.166 e. The first kappa shape index (κ1) is 9.17. The van der Waals surface area contributed by atoms with Crippen molar-refractivity contribution in [3.05, 3.63) is 0 Å². The maximum atomic E-state index is 10.3. The average molecular weight is 196 g/mol. The lowest BCUT2D eigenvalue weighted by molar-refractivity contribution is -0.356. The predicted octanol–water partition coefficient (Wildman–Crippen LogP) is 2.45. The Balaban J connectivity index is 1.89. The van der Waals surface area contributed by atoms with Crippen molar-refractivity contribution in [3.63, 3.8) is 0 Å². The Bertz CT molecular complexity index is 235. The van der Waals surface area contributed by atoms with Gasteiger partial charge in [0.25, 0.3) is 0 Å². The first-order valence-electron chi connectivity index (χ1n) is 6.06. The molecule has 80 valence electrons. The molecule has 0 aromatic carbocycles. The van der Waals surface area contributed by atoms with Crippen LogP contribution in [0.2, 0.25) is 0 Å². The van der Waals surface area contributed by atoms with Gasteiger partial charge in [0.2, 0.25) is 0 Å². The van der Waals surface area contributed by atoms with E-state index in [4.69, 9.17) is 4.74 Å². The molecule has 2 atom stereocenters. The molecule has 0 aromatic heterocycles. The SMILES string of the molecule is CCCC12CC3CC(CC(O)(C3)O1)C2. The van der Waals surface area contributed by atoms with Crippen molar-refractivity contribution in [2.24, 2.45) is 11.8 Å². The molecule has 4 rings (SSSR count). The second-order valence-corrected chi connectivity index (χ2v) is 5.77. The van der Waals surface area contributed by atoms with Gasteiger partial charge in [-0.3, -0.25) is 0 Å². The van der Waals surface area contributed by atoms with Gasteiger partial charge in [0.15, 0.2) is 5.79 Å². The molecule has 2 nitrogen and oxygen atoms in total. The summed E-state index contributed by atoms with van der Waals surface area (Å²) in [6, 6.07) is 0. The van der Waals surface area contributed by atoms with E-state index < -0.39 is 5.79 Å². The second-order valence-electron chi connectivity index (χ2n) is 5.77. The van der Waals surface area contributed by atoms with Crippen LogP contribution >= 0.6 is 0 Å². The van der Waals surface area contributed by atoms with E-state index in [0.29, 0.717) is 0 Å². The molecule has 4 bridgehead atoms. The maximum absolute atomic E-state index is 10.3. The molecular weight excluding hydrogens is 176 g/mol. The van der Waals surface area contributed by atoms with Crippen LogP contribution in [-0.4, -0.2) is 16.5 Å². The Morgan fingerprint density at radius 3 is 2.36 bits per heavy atom. The van der Waals surface area contributed by atoms with Gasteiger partial charge in [0, 0.05) is 12.8 Å². The lowest BCUT2D eigenvalue weighted by Crippen LogP contribution is -2.61. The standard InChI is InChI=1S/C12H20O2/c1-2-3-11-5-9-4-10(6-11)8-12(13,7-9)14-11/h9-10,13H,2-8H2,1H3. The van der Waals surface area contributed by atoms with E-state index in [2.05, 4.69) is 6.92 Å². The van der Waals surface area contributed by atoms with E-state index in [-0.39, 0.29) is 5.60 Å². The Hall–Kier alpha value is -0.0800. The minimum absolute atomic E-state index is 0.0631. The van der Waals surface area contributed by atoms with E-state index >= 15 is 0 Å². The second kappa shape index (κ2) is 2.73. The summed E-state index contributed by atoms with van der Waals surface area (Å²) < 4.78 is 5.99. The zero-order valence-corrected chi connectivity index (χ0v) is 8.96. The Labute approximate surface area is 85.6 Å². The fraction of sp³-hybridized carbons (Fsp3) is 1.00. The van der Waals surface area contributed by atoms with Crippen LogP contribution in [0.1, 0.15) is 51.9 Å². The first-order chi connectivity index (χ1) is 6.63. The van der Waals surface area contributed by atoms with Crippen LogP contribution in [0, 0.1) is 11.8 Å². The molecule has 2 heteroatoms. The van der Waals surface area contributed by atoms with Crippen molar-refractivity contribution < 1.29 is 9.84 Å². The van der Waals surface area contributed by atoms with Crippen LogP contribution < -0.4 is 0 Å². The van der Waals surface area contributed by atoms with Gasteiger partial charge in [0.1, 0.15) is 0 Å². The molecule has 1 N–H and O–H groups in total. The molecule has 2 aliphatic heterocycles. The Morgan fingerprint density at radius 2 is 1.86 bits per heavy atom. The number of rotatable bonds is 2. The summed E-state index contributed by atoms with van der Waals surface area (Å²) >= 11 is 0. The van der Waals surface area contributed by atoms with Gasteiger partial charge < -0.3 is 9.84 Å². The zero-order chi connectivity index (χ0) is 9.81. The lowest BCUT2D eigenvalue weighted by atomic mass is 9.60. The van der Waals surface area contributed by atoms with Crippen molar-refractivity contribution in [2.75, 3.05) is 0 Å². The highest BCUT2D eigenvalue weighted by Crippen LogP contribution is 2.57. The molecular formula is C12H20O2. The highest BCUT2D eigenvalue weighted by molar-refractivity contribution is 5.04. The topological polar surface area (TPSA) is 29.5 Å². The first-order valence-corrected chi connectivity index (χ1v) is 6.06. The largest absolute Gasteiger partial charge is 0.365 e. The molecule has 0 aromatic rings. The molecule has 4 aliphatic rings. The molecule has 0 amide bonds. The van der Waals surface area contributed by atoms with Gasteiger partial charge in [-0.1, -0.05) is 13.3 Å². The Morgan fingerprint density at radius 1 is 1.21 bits per heavy atom. The normalized spacial score (nSPS) is 55.3. The summed E-state index contributed by atoms with van der Waals surface area (Å²) in [5, 5.41) is 10.3. The molecule has 14 heavy (non-hydrogen) atoms.